The standard InChI is InChI=1S/C19H22N2O4/c1-13(14-7-4-3-5-8-14)21-12-20-11-16(21)19(23)25-17-10-6-9-15(17)18(22)24-2/h3-5,7-8,11-13,15,17H,6,9-10H2,1-2H3/t13-,15?,17?/m1/s1. The van der Waals surface area contributed by atoms with Crippen molar-refractivity contribution in [1.29, 1.82) is 0 Å². The molecular formula is C19H22N2O4. The summed E-state index contributed by atoms with van der Waals surface area (Å²) in [6.45, 7) is 2.00. The summed E-state index contributed by atoms with van der Waals surface area (Å²) in [5.41, 5.74) is 1.45. The highest BCUT2D eigenvalue weighted by atomic mass is 16.6. The van der Waals surface area contributed by atoms with Crippen molar-refractivity contribution in [3.8, 4) is 0 Å². The number of methoxy groups -OCH3 is 1. The molecule has 3 rings (SSSR count). The lowest BCUT2D eigenvalue weighted by Gasteiger charge is -2.20. The van der Waals surface area contributed by atoms with Gasteiger partial charge in [0.25, 0.3) is 0 Å². The van der Waals surface area contributed by atoms with Crippen LogP contribution in [0.3, 0.4) is 0 Å². The van der Waals surface area contributed by atoms with Crippen LogP contribution in [0.15, 0.2) is 42.9 Å². The second-order valence-electron chi connectivity index (χ2n) is 6.28. The summed E-state index contributed by atoms with van der Waals surface area (Å²) in [5, 5.41) is 0. The number of aromatic nitrogens is 2. The minimum absolute atomic E-state index is 0.0498. The Labute approximate surface area is 146 Å². The number of carbonyl (C=O) groups excluding carboxylic acids is 2. The largest absolute Gasteiger partial charge is 0.469 e. The van der Waals surface area contributed by atoms with Gasteiger partial charge in [0, 0.05) is 0 Å². The predicted molar refractivity (Wildman–Crippen MR) is 91.0 cm³/mol. The van der Waals surface area contributed by atoms with Gasteiger partial charge in [0.2, 0.25) is 0 Å². The molecule has 0 bridgehead atoms. The van der Waals surface area contributed by atoms with Crippen LogP contribution in [0.1, 0.15) is 48.3 Å². The molecule has 25 heavy (non-hydrogen) atoms. The summed E-state index contributed by atoms with van der Waals surface area (Å²) in [6, 6.07) is 9.83. The number of esters is 2. The SMILES string of the molecule is COC(=O)C1CCCC1OC(=O)c1cncn1[C@H](C)c1ccccc1. The normalized spacial score (nSPS) is 20.9. The summed E-state index contributed by atoms with van der Waals surface area (Å²) >= 11 is 0. The molecule has 1 aromatic heterocycles. The minimum Gasteiger partial charge on any atom is -0.469 e. The molecule has 6 nitrogen and oxygen atoms in total. The Hall–Kier alpha value is -2.63. The van der Waals surface area contributed by atoms with Crippen molar-refractivity contribution < 1.29 is 19.1 Å². The van der Waals surface area contributed by atoms with Crippen LogP contribution in [-0.2, 0) is 14.3 Å². The van der Waals surface area contributed by atoms with Crippen LogP contribution in [-0.4, -0.2) is 34.7 Å². The molecule has 0 radical (unpaired) electrons. The fraction of sp³-hybridized carbons (Fsp3) is 0.421. The van der Waals surface area contributed by atoms with Crippen molar-refractivity contribution in [3.05, 3.63) is 54.1 Å². The lowest BCUT2D eigenvalue weighted by Crippen LogP contribution is -2.29. The molecule has 0 spiro atoms. The average Bonchev–Trinajstić information content (AvgIpc) is 3.30. The van der Waals surface area contributed by atoms with Gasteiger partial charge in [-0.25, -0.2) is 9.78 Å². The zero-order valence-corrected chi connectivity index (χ0v) is 14.4. The molecule has 0 N–H and O–H groups in total. The minimum atomic E-state index is -0.457. The van der Waals surface area contributed by atoms with Crippen LogP contribution in [0, 0.1) is 5.92 Å². The molecule has 1 saturated carbocycles. The predicted octanol–water partition coefficient (Wildman–Crippen LogP) is 2.99. The zero-order valence-electron chi connectivity index (χ0n) is 14.4. The molecule has 2 unspecified atom stereocenters. The fourth-order valence-corrected chi connectivity index (χ4v) is 3.35. The van der Waals surface area contributed by atoms with E-state index in [9.17, 15) is 9.59 Å². The van der Waals surface area contributed by atoms with Crippen LogP contribution in [0.25, 0.3) is 0 Å². The second kappa shape index (κ2) is 7.51. The maximum absolute atomic E-state index is 12.6. The van der Waals surface area contributed by atoms with Gasteiger partial charge in [0.1, 0.15) is 11.8 Å². The number of rotatable bonds is 5. The molecule has 1 aliphatic rings. The van der Waals surface area contributed by atoms with E-state index in [1.807, 2.05) is 37.3 Å². The molecule has 0 saturated heterocycles. The molecule has 0 amide bonds. The van der Waals surface area contributed by atoms with Gasteiger partial charge >= 0.3 is 11.9 Å². The topological polar surface area (TPSA) is 70.4 Å². The molecule has 1 heterocycles. The summed E-state index contributed by atoms with van der Waals surface area (Å²) in [5.74, 6) is -1.15. The number of imidazole rings is 1. The Morgan fingerprint density at radius 3 is 2.72 bits per heavy atom. The number of carbonyl (C=O) groups is 2. The third-order valence-corrected chi connectivity index (χ3v) is 4.79. The van der Waals surface area contributed by atoms with E-state index in [2.05, 4.69) is 4.98 Å². The third kappa shape index (κ3) is 3.57. The van der Waals surface area contributed by atoms with Gasteiger partial charge in [-0.3, -0.25) is 4.79 Å². The van der Waals surface area contributed by atoms with E-state index in [4.69, 9.17) is 9.47 Å². The quantitative estimate of drug-likeness (QED) is 0.781. The highest BCUT2D eigenvalue weighted by molar-refractivity contribution is 5.88. The van der Waals surface area contributed by atoms with Crippen LogP contribution in [0.2, 0.25) is 0 Å². The van der Waals surface area contributed by atoms with Crippen molar-refractivity contribution in [2.75, 3.05) is 7.11 Å². The number of hydrogen-bond donors (Lipinski definition) is 0. The summed E-state index contributed by atoms with van der Waals surface area (Å²) in [4.78, 5) is 28.6. The molecule has 1 aromatic carbocycles. The maximum atomic E-state index is 12.6. The van der Waals surface area contributed by atoms with Gasteiger partial charge in [0.05, 0.1) is 31.6 Å². The molecular weight excluding hydrogens is 320 g/mol. The smallest absolute Gasteiger partial charge is 0.356 e. The summed E-state index contributed by atoms with van der Waals surface area (Å²) < 4.78 is 12.2. The Bertz CT molecular complexity index is 741. The first-order valence-electron chi connectivity index (χ1n) is 8.47. The molecule has 6 heteroatoms. The zero-order chi connectivity index (χ0) is 17.8. The lowest BCUT2D eigenvalue weighted by molar-refractivity contribution is -0.148. The molecule has 2 aromatic rings. The molecule has 0 aliphatic heterocycles. The Morgan fingerprint density at radius 2 is 2.00 bits per heavy atom. The van der Waals surface area contributed by atoms with Gasteiger partial charge in [-0.05, 0) is 31.7 Å². The van der Waals surface area contributed by atoms with E-state index in [1.165, 1.54) is 13.3 Å². The third-order valence-electron chi connectivity index (χ3n) is 4.79. The first-order valence-corrected chi connectivity index (χ1v) is 8.47. The van der Waals surface area contributed by atoms with E-state index in [0.717, 1.165) is 12.0 Å². The van der Waals surface area contributed by atoms with Crippen LogP contribution < -0.4 is 0 Å². The number of ether oxygens (including phenoxy) is 2. The number of hydrogen-bond acceptors (Lipinski definition) is 5. The van der Waals surface area contributed by atoms with E-state index in [0.29, 0.717) is 18.5 Å². The Balaban J connectivity index is 1.76. The second-order valence-corrected chi connectivity index (χ2v) is 6.28. The van der Waals surface area contributed by atoms with Gasteiger partial charge in [0.15, 0.2) is 0 Å². The van der Waals surface area contributed by atoms with Gasteiger partial charge in [-0.1, -0.05) is 30.3 Å². The van der Waals surface area contributed by atoms with E-state index >= 15 is 0 Å². The number of nitrogens with zero attached hydrogens (tertiary/aromatic N) is 2. The van der Waals surface area contributed by atoms with Crippen LogP contribution in [0.5, 0.6) is 0 Å². The van der Waals surface area contributed by atoms with Crippen molar-refractivity contribution in [3.63, 3.8) is 0 Å². The van der Waals surface area contributed by atoms with Gasteiger partial charge < -0.3 is 14.0 Å². The van der Waals surface area contributed by atoms with Gasteiger partial charge in [-0.15, -0.1) is 0 Å². The first kappa shape index (κ1) is 17.2. The van der Waals surface area contributed by atoms with Crippen LogP contribution >= 0.6 is 0 Å². The Morgan fingerprint density at radius 1 is 1.24 bits per heavy atom. The molecule has 3 atom stereocenters. The summed E-state index contributed by atoms with van der Waals surface area (Å²) in [7, 11) is 1.36. The number of benzene rings is 1. The van der Waals surface area contributed by atoms with E-state index in [-0.39, 0.29) is 17.9 Å². The summed E-state index contributed by atoms with van der Waals surface area (Å²) in [6.07, 6.45) is 4.90. The molecule has 132 valence electrons. The van der Waals surface area contributed by atoms with Crippen LogP contribution in [0.4, 0.5) is 0 Å². The molecule has 1 aliphatic carbocycles. The monoisotopic (exact) mass is 342 g/mol. The van der Waals surface area contributed by atoms with E-state index in [1.54, 1.807) is 10.9 Å². The first-order chi connectivity index (χ1) is 12.1. The van der Waals surface area contributed by atoms with Crippen molar-refractivity contribution >= 4 is 11.9 Å². The highest BCUT2D eigenvalue weighted by Gasteiger charge is 2.37. The van der Waals surface area contributed by atoms with Gasteiger partial charge in [-0.2, -0.15) is 0 Å². The van der Waals surface area contributed by atoms with Crippen molar-refractivity contribution in [2.45, 2.75) is 38.3 Å². The van der Waals surface area contributed by atoms with Crippen molar-refractivity contribution in [2.24, 2.45) is 5.92 Å². The average molecular weight is 342 g/mol. The molecule has 1 fully saturated rings. The Kier molecular flexibility index (Phi) is 5.16. The fourth-order valence-electron chi connectivity index (χ4n) is 3.35. The lowest BCUT2D eigenvalue weighted by atomic mass is 10.1. The highest BCUT2D eigenvalue weighted by Crippen LogP contribution is 2.30. The van der Waals surface area contributed by atoms with E-state index < -0.39 is 12.1 Å². The maximum Gasteiger partial charge on any atom is 0.356 e. The van der Waals surface area contributed by atoms with Crippen molar-refractivity contribution in [1.82, 2.24) is 9.55 Å².